The molecule has 1 heterocycles. The summed E-state index contributed by atoms with van der Waals surface area (Å²) in [6.07, 6.45) is 3.55. The molecule has 1 aromatic heterocycles. The Labute approximate surface area is 106 Å². The molecule has 3 rings (SSSR count). The van der Waals surface area contributed by atoms with Crippen LogP contribution in [0.25, 0.3) is 11.0 Å². The topological polar surface area (TPSA) is 43.8 Å². The zero-order valence-electron chi connectivity index (χ0n) is 9.91. The number of nitrogens with two attached hydrogens (primary N) is 1. The van der Waals surface area contributed by atoms with E-state index >= 15 is 0 Å². The molecule has 0 bridgehead atoms. The van der Waals surface area contributed by atoms with Crippen molar-refractivity contribution in [3.05, 3.63) is 29.0 Å². The molecule has 1 aliphatic carbocycles. The van der Waals surface area contributed by atoms with E-state index in [1.165, 1.54) is 6.42 Å². The first-order chi connectivity index (χ1) is 8.16. The number of benzene rings is 1. The van der Waals surface area contributed by atoms with E-state index in [9.17, 15) is 0 Å². The fourth-order valence-corrected chi connectivity index (χ4v) is 2.93. The first kappa shape index (κ1) is 11.1. The summed E-state index contributed by atoms with van der Waals surface area (Å²) in [6.45, 7) is 0.678. The molecule has 0 amide bonds. The second-order valence-corrected chi connectivity index (χ2v) is 5.40. The SMILES string of the molecule is Cn1c(C2(CN)CCC2)nc2ccc(Cl)cc21. The molecule has 0 aliphatic heterocycles. The van der Waals surface area contributed by atoms with Gasteiger partial charge in [-0.25, -0.2) is 4.98 Å². The summed E-state index contributed by atoms with van der Waals surface area (Å²) in [4.78, 5) is 4.74. The maximum absolute atomic E-state index is 6.03. The van der Waals surface area contributed by atoms with Crippen molar-refractivity contribution in [1.29, 1.82) is 0 Å². The number of hydrogen-bond acceptors (Lipinski definition) is 2. The predicted octanol–water partition coefficient (Wildman–Crippen LogP) is 2.61. The highest BCUT2D eigenvalue weighted by Gasteiger charge is 2.41. The Kier molecular flexibility index (Phi) is 2.42. The van der Waals surface area contributed by atoms with Crippen LogP contribution in [-0.4, -0.2) is 16.1 Å². The molecule has 1 aromatic carbocycles. The van der Waals surface area contributed by atoms with E-state index in [-0.39, 0.29) is 5.41 Å². The average Bonchev–Trinajstić information content (AvgIpc) is 2.57. The second kappa shape index (κ2) is 3.72. The van der Waals surface area contributed by atoms with Crippen molar-refractivity contribution >= 4 is 22.6 Å². The Morgan fingerprint density at radius 3 is 2.82 bits per heavy atom. The summed E-state index contributed by atoms with van der Waals surface area (Å²) < 4.78 is 2.15. The average molecular weight is 250 g/mol. The maximum atomic E-state index is 6.03. The molecule has 0 saturated heterocycles. The third-order valence-electron chi connectivity index (χ3n) is 4.02. The van der Waals surface area contributed by atoms with Gasteiger partial charge in [-0.1, -0.05) is 18.0 Å². The molecule has 1 saturated carbocycles. The molecule has 1 fully saturated rings. The Balaban J connectivity index is 2.21. The van der Waals surface area contributed by atoms with E-state index < -0.39 is 0 Å². The lowest BCUT2D eigenvalue weighted by Gasteiger charge is -2.40. The largest absolute Gasteiger partial charge is 0.331 e. The van der Waals surface area contributed by atoms with Crippen LogP contribution in [0, 0.1) is 0 Å². The van der Waals surface area contributed by atoms with Crippen LogP contribution >= 0.6 is 11.6 Å². The predicted molar refractivity (Wildman–Crippen MR) is 70.3 cm³/mol. The molecule has 0 radical (unpaired) electrons. The molecule has 0 spiro atoms. The quantitative estimate of drug-likeness (QED) is 0.889. The van der Waals surface area contributed by atoms with Gasteiger partial charge >= 0.3 is 0 Å². The van der Waals surface area contributed by atoms with E-state index in [0.717, 1.165) is 34.7 Å². The van der Waals surface area contributed by atoms with Crippen LogP contribution in [-0.2, 0) is 12.5 Å². The summed E-state index contributed by atoms with van der Waals surface area (Å²) in [6, 6.07) is 5.83. The minimum Gasteiger partial charge on any atom is -0.331 e. The molecule has 1 aliphatic rings. The number of imidazole rings is 1. The Bertz CT molecular complexity index is 564. The molecule has 0 atom stereocenters. The first-order valence-corrected chi connectivity index (χ1v) is 6.37. The molecule has 2 aromatic rings. The van der Waals surface area contributed by atoms with Gasteiger partial charge in [-0.15, -0.1) is 0 Å². The van der Waals surface area contributed by atoms with Crippen LogP contribution in [0.4, 0.5) is 0 Å². The third-order valence-corrected chi connectivity index (χ3v) is 4.25. The minimum absolute atomic E-state index is 0.0975. The zero-order valence-corrected chi connectivity index (χ0v) is 10.7. The molecular weight excluding hydrogens is 234 g/mol. The van der Waals surface area contributed by atoms with E-state index in [4.69, 9.17) is 22.3 Å². The van der Waals surface area contributed by atoms with Crippen molar-refractivity contribution in [2.24, 2.45) is 12.8 Å². The van der Waals surface area contributed by atoms with Gasteiger partial charge in [0.1, 0.15) is 5.82 Å². The highest BCUT2D eigenvalue weighted by Crippen LogP contribution is 2.43. The smallest absolute Gasteiger partial charge is 0.117 e. The van der Waals surface area contributed by atoms with Gasteiger partial charge in [0.25, 0.3) is 0 Å². The van der Waals surface area contributed by atoms with Gasteiger partial charge < -0.3 is 10.3 Å². The molecule has 4 heteroatoms. The van der Waals surface area contributed by atoms with Crippen LogP contribution in [0.15, 0.2) is 18.2 Å². The highest BCUT2D eigenvalue weighted by molar-refractivity contribution is 6.31. The van der Waals surface area contributed by atoms with Crippen molar-refractivity contribution in [1.82, 2.24) is 9.55 Å². The number of rotatable bonds is 2. The number of halogens is 1. The van der Waals surface area contributed by atoms with Gasteiger partial charge in [0.05, 0.1) is 11.0 Å². The fourth-order valence-electron chi connectivity index (χ4n) is 2.76. The Hall–Kier alpha value is -1.06. The van der Waals surface area contributed by atoms with E-state index in [1.807, 2.05) is 18.2 Å². The monoisotopic (exact) mass is 249 g/mol. The minimum atomic E-state index is 0.0975. The van der Waals surface area contributed by atoms with Gasteiger partial charge in [-0.05, 0) is 31.0 Å². The molecule has 3 nitrogen and oxygen atoms in total. The number of nitrogens with zero attached hydrogens (tertiary/aromatic N) is 2. The summed E-state index contributed by atoms with van der Waals surface area (Å²) in [5.41, 5.74) is 8.14. The fraction of sp³-hybridized carbons (Fsp3) is 0.462. The molecule has 2 N–H and O–H groups in total. The zero-order chi connectivity index (χ0) is 12.0. The third kappa shape index (κ3) is 1.49. The summed E-state index contributed by atoms with van der Waals surface area (Å²) in [5.74, 6) is 1.11. The van der Waals surface area contributed by atoms with Crippen molar-refractivity contribution in [2.45, 2.75) is 24.7 Å². The molecule has 17 heavy (non-hydrogen) atoms. The van der Waals surface area contributed by atoms with E-state index in [0.29, 0.717) is 6.54 Å². The van der Waals surface area contributed by atoms with Crippen LogP contribution in [0.3, 0.4) is 0 Å². The second-order valence-electron chi connectivity index (χ2n) is 4.97. The molecule has 0 unspecified atom stereocenters. The van der Waals surface area contributed by atoms with Crippen LogP contribution < -0.4 is 5.73 Å². The van der Waals surface area contributed by atoms with E-state index in [1.54, 1.807) is 0 Å². The number of aromatic nitrogens is 2. The van der Waals surface area contributed by atoms with Crippen LogP contribution in [0.2, 0.25) is 5.02 Å². The number of aryl methyl sites for hydroxylation is 1. The van der Waals surface area contributed by atoms with Gasteiger partial charge in [0.2, 0.25) is 0 Å². The lowest BCUT2D eigenvalue weighted by atomic mass is 9.68. The Morgan fingerprint density at radius 1 is 1.47 bits per heavy atom. The highest BCUT2D eigenvalue weighted by atomic mass is 35.5. The molecule has 90 valence electrons. The van der Waals surface area contributed by atoms with Crippen molar-refractivity contribution < 1.29 is 0 Å². The standard InChI is InChI=1S/C13H16ClN3/c1-17-11-7-9(14)3-4-10(11)16-12(17)13(8-15)5-2-6-13/h3-4,7H,2,5-6,8,15H2,1H3. The first-order valence-electron chi connectivity index (χ1n) is 5.99. The van der Waals surface area contributed by atoms with Crippen molar-refractivity contribution in [2.75, 3.05) is 6.54 Å². The lowest BCUT2D eigenvalue weighted by Crippen LogP contribution is -2.43. The lowest BCUT2D eigenvalue weighted by molar-refractivity contribution is 0.233. The summed E-state index contributed by atoms with van der Waals surface area (Å²) >= 11 is 6.03. The summed E-state index contributed by atoms with van der Waals surface area (Å²) in [5, 5.41) is 0.752. The van der Waals surface area contributed by atoms with Gasteiger partial charge in [-0.2, -0.15) is 0 Å². The van der Waals surface area contributed by atoms with Crippen LogP contribution in [0.5, 0.6) is 0 Å². The Morgan fingerprint density at radius 2 is 2.24 bits per heavy atom. The van der Waals surface area contributed by atoms with Crippen molar-refractivity contribution in [3.8, 4) is 0 Å². The number of hydrogen-bond donors (Lipinski definition) is 1. The van der Waals surface area contributed by atoms with Gasteiger partial charge in [0.15, 0.2) is 0 Å². The maximum Gasteiger partial charge on any atom is 0.117 e. The van der Waals surface area contributed by atoms with Gasteiger partial charge in [-0.3, -0.25) is 0 Å². The van der Waals surface area contributed by atoms with E-state index in [2.05, 4.69) is 11.6 Å². The van der Waals surface area contributed by atoms with Crippen LogP contribution in [0.1, 0.15) is 25.1 Å². The normalized spacial score (nSPS) is 18.3. The van der Waals surface area contributed by atoms with Gasteiger partial charge in [0, 0.05) is 24.0 Å². The summed E-state index contributed by atoms with van der Waals surface area (Å²) in [7, 11) is 2.05. The number of fused-ring (bicyclic) bond motifs is 1. The molecular formula is C13H16ClN3. The van der Waals surface area contributed by atoms with Crippen molar-refractivity contribution in [3.63, 3.8) is 0 Å².